The quantitative estimate of drug-likeness (QED) is 0.718. The van der Waals surface area contributed by atoms with E-state index in [2.05, 4.69) is 25.5 Å². The van der Waals surface area contributed by atoms with Crippen molar-refractivity contribution in [3.05, 3.63) is 17.5 Å². The lowest BCUT2D eigenvalue weighted by Crippen LogP contribution is -2.37. The summed E-state index contributed by atoms with van der Waals surface area (Å²) in [4.78, 5) is 34.3. The Labute approximate surface area is 152 Å². The van der Waals surface area contributed by atoms with Gasteiger partial charge in [0.1, 0.15) is 6.04 Å². The van der Waals surface area contributed by atoms with E-state index in [0.717, 1.165) is 25.9 Å². The second-order valence-electron chi connectivity index (χ2n) is 6.42. The van der Waals surface area contributed by atoms with Crippen LogP contribution in [0, 0.1) is 6.92 Å². The number of piperidine rings is 1. The predicted octanol–water partition coefficient (Wildman–Crippen LogP) is 0.742. The Bertz CT molecular complexity index is 636. The molecule has 3 N–H and O–H groups in total. The van der Waals surface area contributed by atoms with Crippen molar-refractivity contribution < 1.29 is 14.7 Å². The molecule has 3 heterocycles. The first-order valence-electron chi connectivity index (χ1n) is 8.40. The van der Waals surface area contributed by atoms with Crippen molar-refractivity contribution in [2.75, 3.05) is 24.5 Å². The van der Waals surface area contributed by atoms with E-state index in [-0.39, 0.29) is 24.4 Å². The molecule has 1 amide bonds. The molecule has 0 saturated carbocycles. The number of carbonyl (C=O) groups excluding carboxylic acids is 1. The summed E-state index contributed by atoms with van der Waals surface area (Å²) < 4.78 is 0. The number of nitrogens with one attached hydrogen (secondary N) is 2. The number of carboxylic acid groups (broad SMARTS) is 1. The largest absolute Gasteiger partial charge is 0.480 e. The van der Waals surface area contributed by atoms with Crippen LogP contribution in [0.25, 0.3) is 0 Å². The van der Waals surface area contributed by atoms with Crippen LogP contribution in [0.15, 0.2) is 6.20 Å². The second-order valence-corrected chi connectivity index (χ2v) is 6.42. The van der Waals surface area contributed by atoms with Crippen LogP contribution in [0.2, 0.25) is 0 Å². The van der Waals surface area contributed by atoms with E-state index in [1.165, 1.54) is 6.42 Å². The molecule has 2 fully saturated rings. The van der Waals surface area contributed by atoms with E-state index in [4.69, 9.17) is 5.11 Å². The minimum atomic E-state index is -0.892. The number of anilines is 1. The highest BCUT2D eigenvalue weighted by Crippen LogP contribution is 2.17. The number of aromatic nitrogens is 2. The summed E-state index contributed by atoms with van der Waals surface area (Å²) in [6.07, 6.45) is 5.47. The van der Waals surface area contributed by atoms with Crippen LogP contribution in [0.3, 0.4) is 0 Å². The molecule has 1 aromatic heterocycles. The summed E-state index contributed by atoms with van der Waals surface area (Å²) in [5.41, 5.74) is 1.08. The third-order valence-electron chi connectivity index (χ3n) is 4.61. The standard InChI is InChI=1S/C16H23N5O3.ClH/c1-10-12(9-18-16(19-10)21-5-3-2-4-6-21)14(22)20-11-7-13(15(23)24)17-8-11;/h9,11,13,17H,2-8H2,1H3,(H,20,22)(H,23,24);1H/t11-,13-;/m0./s1. The Kier molecular flexibility index (Phi) is 6.55. The van der Waals surface area contributed by atoms with Gasteiger partial charge in [0.25, 0.3) is 5.91 Å². The van der Waals surface area contributed by atoms with Crippen LogP contribution >= 0.6 is 12.4 Å². The number of hydrogen-bond acceptors (Lipinski definition) is 6. The second kappa shape index (κ2) is 8.44. The molecular weight excluding hydrogens is 346 g/mol. The molecule has 0 radical (unpaired) electrons. The van der Waals surface area contributed by atoms with Gasteiger partial charge in [-0.2, -0.15) is 0 Å². The minimum Gasteiger partial charge on any atom is -0.480 e. The van der Waals surface area contributed by atoms with E-state index in [9.17, 15) is 9.59 Å². The van der Waals surface area contributed by atoms with Crippen LogP contribution in [0.4, 0.5) is 5.95 Å². The van der Waals surface area contributed by atoms with Crippen molar-refractivity contribution in [2.24, 2.45) is 0 Å². The first-order valence-corrected chi connectivity index (χ1v) is 8.40. The monoisotopic (exact) mass is 369 g/mol. The molecule has 25 heavy (non-hydrogen) atoms. The zero-order chi connectivity index (χ0) is 17.1. The molecule has 0 bridgehead atoms. The fraction of sp³-hybridized carbons (Fsp3) is 0.625. The number of aryl methyl sites for hydroxylation is 1. The number of nitrogens with zero attached hydrogens (tertiary/aromatic N) is 3. The molecule has 8 nitrogen and oxygen atoms in total. The number of carboxylic acids is 1. The smallest absolute Gasteiger partial charge is 0.320 e. The van der Waals surface area contributed by atoms with Gasteiger partial charge in [0, 0.05) is 31.9 Å². The number of hydrogen-bond donors (Lipinski definition) is 3. The molecule has 2 aliphatic rings. The lowest BCUT2D eigenvalue weighted by atomic mass is 10.1. The topological polar surface area (TPSA) is 107 Å². The number of halogens is 1. The molecule has 9 heteroatoms. The maximum atomic E-state index is 12.4. The molecule has 2 aliphatic heterocycles. The lowest BCUT2D eigenvalue weighted by molar-refractivity contribution is -0.139. The minimum absolute atomic E-state index is 0. The van der Waals surface area contributed by atoms with E-state index >= 15 is 0 Å². The van der Waals surface area contributed by atoms with Gasteiger partial charge in [-0.1, -0.05) is 0 Å². The van der Waals surface area contributed by atoms with E-state index in [1.54, 1.807) is 13.1 Å². The van der Waals surface area contributed by atoms with Crippen molar-refractivity contribution in [3.8, 4) is 0 Å². The number of amides is 1. The average molecular weight is 370 g/mol. The lowest BCUT2D eigenvalue weighted by Gasteiger charge is -2.26. The fourth-order valence-corrected chi connectivity index (χ4v) is 3.22. The first-order chi connectivity index (χ1) is 11.5. The maximum absolute atomic E-state index is 12.4. The predicted molar refractivity (Wildman–Crippen MR) is 95.4 cm³/mol. The van der Waals surface area contributed by atoms with Crippen molar-refractivity contribution in [3.63, 3.8) is 0 Å². The normalized spacial score (nSPS) is 23.0. The molecule has 3 rings (SSSR count). The molecular formula is C16H24ClN5O3. The van der Waals surface area contributed by atoms with Gasteiger partial charge in [0.15, 0.2) is 0 Å². The summed E-state index contributed by atoms with van der Waals surface area (Å²) in [7, 11) is 0. The SMILES string of the molecule is Cc1nc(N2CCCCC2)ncc1C(=O)N[C@@H]1CN[C@H](C(=O)O)C1.Cl. The third-order valence-corrected chi connectivity index (χ3v) is 4.61. The summed E-state index contributed by atoms with van der Waals surface area (Å²) in [6.45, 7) is 4.16. The van der Waals surface area contributed by atoms with Gasteiger partial charge < -0.3 is 20.6 Å². The zero-order valence-electron chi connectivity index (χ0n) is 14.2. The number of rotatable bonds is 4. The van der Waals surface area contributed by atoms with Crippen LogP contribution in [-0.4, -0.2) is 58.7 Å². The molecule has 2 saturated heterocycles. The number of aliphatic carboxylic acids is 1. The maximum Gasteiger partial charge on any atom is 0.320 e. The highest BCUT2D eigenvalue weighted by molar-refractivity contribution is 5.95. The fourth-order valence-electron chi connectivity index (χ4n) is 3.22. The van der Waals surface area contributed by atoms with E-state index < -0.39 is 12.0 Å². The summed E-state index contributed by atoms with van der Waals surface area (Å²) in [6, 6.07) is -0.797. The summed E-state index contributed by atoms with van der Waals surface area (Å²) in [5.74, 6) is -0.468. The van der Waals surface area contributed by atoms with Gasteiger partial charge in [-0.05, 0) is 32.6 Å². The van der Waals surface area contributed by atoms with Crippen molar-refractivity contribution >= 4 is 30.2 Å². The van der Waals surface area contributed by atoms with Crippen LogP contribution in [0.1, 0.15) is 41.7 Å². The third kappa shape index (κ3) is 4.58. The Morgan fingerprint density at radius 1 is 1.32 bits per heavy atom. The molecule has 0 spiro atoms. The number of carbonyl (C=O) groups is 2. The average Bonchev–Trinajstić information content (AvgIpc) is 3.04. The Hall–Kier alpha value is -1.93. The zero-order valence-corrected chi connectivity index (χ0v) is 15.0. The van der Waals surface area contributed by atoms with Crippen molar-refractivity contribution in [2.45, 2.75) is 44.7 Å². The van der Waals surface area contributed by atoms with Crippen LogP contribution < -0.4 is 15.5 Å². The van der Waals surface area contributed by atoms with Crippen molar-refractivity contribution in [1.82, 2.24) is 20.6 Å². The molecule has 2 atom stereocenters. The molecule has 138 valence electrons. The Morgan fingerprint density at radius 2 is 2.04 bits per heavy atom. The Morgan fingerprint density at radius 3 is 2.64 bits per heavy atom. The van der Waals surface area contributed by atoms with Gasteiger partial charge in [-0.3, -0.25) is 9.59 Å². The molecule has 0 aromatic carbocycles. The highest BCUT2D eigenvalue weighted by Gasteiger charge is 2.30. The molecule has 0 aliphatic carbocycles. The van der Waals surface area contributed by atoms with Gasteiger partial charge in [0.05, 0.1) is 11.3 Å². The first kappa shape index (κ1) is 19.4. The van der Waals surface area contributed by atoms with Gasteiger partial charge in [-0.25, -0.2) is 9.97 Å². The van der Waals surface area contributed by atoms with E-state index in [0.29, 0.717) is 30.2 Å². The Balaban J connectivity index is 0.00000225. The van der Waals surface area contributed by atoms with Gasteiger partial charge >= 0.3 is 5.97 Å². The van der Waals surface area contributed by atoms with E-state index in [1.807, 2.05) is 0 Å². The summed E-state index contributed by atoms with van der Waals surface area (Å²) in [5, 5.41) is 14.7. The van der Waals surface area contributed by atoms with Crippen LogP contribution in [0.5, 0.6) is 0 Å². The van der Waals surface area contributed by atoms with Crippen molar-refractivity contribution in [1.29, 1.82) is 0 Å². The summed E-state index contributed by atoms with van der Waals surface area (Å²) >= 11 is 0. The van der Waals surface area contributed by atoms with Gasteiger partial charge in [0.2, 0.25) is 5.95 Å². The molecule has 0 unspecified atom stereocenters. The highest BCUT2D eigenvalue weighted by atomic mass is 35.5. The van der Waals surface area contributed by atoms with Crippen LogP contribution in [-0.2, 0) is 4.79 Å². The van der Waals surface area contributed by atoms with Gasteiger partial charge in [-0.15, -0.1) is 12.4 Å². The molecule has 1 aromatic rings.